The Morgan fingerprint density at radius 2 is 1.83 bits per heavy atom. The van der Waals surface area contributed by atoms with Crippen LogP contribution < -0.4 is 20.7 Å². The number of likely N-dealkylation sites (N-methyl/N-ethyl adjacent to an activating group) is 1. The molecule has 162 valence electrons. The smallest absolute Gasteiger partial charge is 0.223 e. The third kappa shape index (κ3) is 8.73. The van der Waals surface area contributed by atoms with E-state index < -0.39 is 0 Å². The first kappa shape index (κ1) is 23.0. The Balaban J connectivity index is 1.82. The van der Waals surface area contributed by atoms with Gasteiger partial charge in [0.2, 0.25) is 5.91 Å². The molecule has 1 saturated carbocycles. The molecule has 1 aliphatic rings. The van der Waals surface area contributed by atoms with Crippen LogP contribution in [0.5, 0.6) is 5.75 Å². The zero-order valence-corrected chi connectivity index (χ0v) is 18.2. The lowest BCUT2D eigenvalue weighted by Gasteiger charge is -2.19. The van der Waals surface area contributed by atoms with E-state index >= 15 is 0 Å². The molecule has 0 atom stereocenters. The van der Waals surface area contributed by atoms with E-state index in [-0.39, 0.29) is 11.8 Å². The summed E-state index contributed by atoms with van der Waals surface area (Å²) in [5, 5.41) is 9.48. The van der Waals surface area contributed by atoms with E-state index in [1.54, 1.807) is 0 Å². The Bertz CT molecular complexity index is 642. The quantitative estimate of drug-likeness (QED) is 0.267. The average Bonchev–Trinajstić information content (AvgIpc) is 3.58. The van der Waals surface area contributed by atoms with E-state index in [0.29, 0.717) is 26.2 Å². The van der Waals surface area contributed by atoms with Gasteiger partial charge in [-0.1, -0.05) is 32.0 Å². The Labute approximate surface area is 175 Å². The van der Waals surface area contributed by atoms with Crippen LogP contribution in [-0.4, -0.2) is 62.6 Å². The fourth-order valence-corrected chi connectivity index (χ4v) is 2.96. The second kappa shape index (κ2) is 13.0. The summed E-state index contributed by atoms with van der Waals surface area (Å²) >= 11 is 0. The molecular weight excluding hydrogens is 366 g/mol. The summed E-state index contributed by atoms with van der Waals surface area (Å²) in [5.41, 5.74) is 1.06. The number of hydrogen-bond donors (Lipinski definition) is 3. The van der Waals surface area contributed by atoms with Crippen molar-refractivity contribution >= 4 is 11.9 Å². The number of nitrogens with one attached hydrogen (secondary N) is 3. The molecule has 1 aromatic carbocycles. The van der Waals surface area contributed by atoms with Crippen molar-refractivity contribution in [1.29, 1.82) is 0 Å². The summed E-state index contributed by atoms with van der Waals surface area (Å²) in [6.07, 6.45) is 2.06. The van der Waals surface area contributed by atoms with Crippen LogP contribution in [0.15, 0.2) is 29.3 Å². The summed E-state index contributed by atoms with van der Waals surface area (Å²) < 4.78 is 6.02. The molecule has 7 nitrogen and oxygen atoms in total. The van der Waals surface area contributed by atoms with Crippen LogP contribution in [-0.2, 0) is 11.3 Å². The average molecular weight is 404 g/mol. The molecule has 1 aliphatic carbocycles. The minimum atomic E-state index is 0.171. The number of amides is 1. The van der Waals surface area contributed by atoms with Gasteiger partial charge in [0.05, 0.1) is 6.54 Å². The van der Waals surface area contributed by atoms with Gasteiger partial charge in [0, 0.05) is 37.7 Å². The molecule has 0 heterocycles. The normalized spacial score (nSPS) is 14.0. The van der Waals surface area contributed by atoms with Crippen molar-refractivity contribution in [2.75, 3.05) is 45.9 Å². The van der Waals surface area contributed by atoms with Gasteiger partial charge in [0.15, 0.2) is 5.96 Å². The number of benzene rings is 1. The topological polar surface area (TPSA) is 78.0 Å². The highest BCUT2D eigenvalue weighted by atomic mass is 16.5. The lowest BCUT2D eigenvalue weighted by Crippen LogP contribution is -2.41. The molecule has 3 N–H and O–H groups in total. The standard InChI is InChI=1S/C22H37N5O2/c1-4-23-22(25-14-13-24-21(28)18-11-12-18)26-17-19-9-7-8-10-20(19)29-16-15-27(5-2)6-3/h7-10,18H,4-6,11-17H2,1-3H3,(H,24,28)(H2,23,25,26). The van der Waals surface area contributed by atoms with Crippen LogP contribution in [0.4, 0.5) is 0 Å². The van der Waals surface area contributed by atoms with Crippen LogP contribution in [0.2, 0.25) is 0 Å². The van der Waals surface area contributed by atoms with Crippen molar-refractivity contribution in [3.63, 3.8) is 0 Å². The third-order valence-corrected chi connectivity index (χ3v) is 4.95. The maximum absolute atomic E-state index is 11.7. The van der Waals surface area contributed by atoms with Gasteiger partial charge < -0.3 is 25.6 Å². The molecule has 0 bridgehead atoms. The highest BCUT2D eigenvalue weighted by molar-refractivity contribution is 5.81. The van der Waals surface area contributed by atoms with Crippen molar-refractivity contribution in [1.82, 2.24) is 20.9 Å². The SMILES string of the molecule is CCNC(=NCc1ccccc1OCCN(CC)CC)NCCNC(=O)C1CC1. The van der Waals surface area contributed by atoms with E-state index in [9.17, 15) is 4.79 Å². The number of guanidine groups is 1. The zero-order valence-electron chi connectivity index (χ0n) is 18.2. The highest BCUT2D eigenvalue weighted by Crippen LogP contribution is 2.28. The van der Waals surface area contributed by atoms with Gasteiger partial charge in [-0.25, -0.2) is 4.99 Å². The maximum Gasteiger partial charge on any atom is 0.223 e. The molecule has 1 aromatic rings. The first-order valence-electron chi connectivity index (χ1n) is 10.9. The summed E-state index contributed by atoms with van der Waals surface area (Å²) in [6, 6.07) is 8.05. The first-order chi connectivity index (χ1) is 14.2. The molecule has 7 heteroatoms. The predicted octanol–water partition coefficient (Wildman–Crippen LogP) is 1.99. The van der Waals surface area contributed by atoms with Gasteiger partial charge in [-0.2, -0.15) is 0 Å². The molecule has 0 aromatic heterocycles. The molecule has 29 heavy (non-hydrogen) atoms. The number of carbonyl (C=O) groups excluding carboxylic acids is 1. The molecule has 1 fully saturated rings. The number of carbonyl (C=O) groups is 1. The number of rotatable bonds is 13. The molecule has 1 amide bonds. The molecule has 0 unspecified atom stereocenters. The molecule has 0 spiro atoms. The van der Waals surface area contributed by atoms with Crippen LogP contribution in [0.25, 0.3) is 0 Å². The van der Waals surface area contributed by atoms with Crippen molar-refractivity contribution in [3.05, 3.63) is 29.8 Å². The molecule has 0 radical (unpaired) electrons. The van der Waals surface area contributed by atoms with Crippen molar-refractivity contribution in [3.8, 4) is 5.75 Å². The lowest BCUT2D eigenvalue weighted by molar-refractivity contribution is -0.122. The van der Waals surface area contributed by atoms with Crippen molar-refractivity contribution in [2.24, 2.45) is 10.9 Å². The first-order valence-corrected chi connectivity index (χ1v) is 10.9. The van der Waals surface area contributed by atoms with Crippen LogP contribution in [0.3, 0.4) is 0 Å². The summed E-state index contributed by atoms with van der Waals surface area (Å²) in [5.74, 6) is 2.04. The van der Waals surface area contributed by atoms with Gasteiger partial charge in [0.25, 0.3) is 0 Å². The van der Waals surface area contributed by atoms with Gasteiger partial charge >= 0.3 is 0 Å². The predicted molar refractivity (Wildman–Crippen MR) is 118 cm³/mol. The number of ether oxygens (including phenoxy) is 1. The van der Waals surface area contributed by atoms with Gasteiger partial charge in [-0.05, 0) is 38.9 Å². The van der Waals surface area contributed by atoms with Crippen LogP contribution in [0.1, 0.15) is 39.2 Å². The van der Waals surface area contributed by atoms with Crippen LogP contribution in [0, 0.1) is 5.92 Å². The highest BCUT2D eigenvalue weighted by Gasteiger charge is 2.28. The summed E-state index contributed by atoms with van der Waals surface area (Å²) in [6.45, 7) is 12.6. The van der Waals surface area contributed by atoms with Gasteiger partial charge in [-0.3, -0.25) is 4.79 Å². The fraction of sp³-hybridized carbons (Fsp3) is 0.636. The molecule has 2 rings (SSSR count). The van der Waals surface area contributed by atoms with E-state index in [1.165, 1.54) is 0 Å². The Morgan fingerprint density at radius 1 is 1.10 bits per heavy atom. The Kier molecular flexibility index (Phi) is 10.3. The number of nitrogens with zero attached hydrogens (tertiary/aromatic N) is 2. The number of aliphatic imine (C=N–C) groups is 1. The minimum Gasteiger partial charge on any atom is -0.492 e. The lowest BCUT2D eigenvalue weighted by atomic mass is 10.2. The number of hydrogen-bond acceptors (Lipinski definition) is 4. The van der Waals surface area contributed by atoms with E-state index in [2.05, 4.69) is 45.8 Å². The van der Waals surface area contributed by atoms with E-state index in [4.69, 9.17) is 4.74 Å². The van der Waals surface area contributed by atoms with Crippen LogP contribution >= 0.6 is 0 Å². The Morgan fingerprint density at radius 3 is 2.52 bits per heavy atom. The number of para-hydroxylation sites is 1. The van der Waals surface area contributed by atoms with E-state index in [0.717, 1.165) is 56.3 Å². The van der Waals surface area contributed by atoms with Crippen molar-refractivity contribution in [2.45, 2.75) is 40.2 Å². The maximum atomic E-state index is 11.7. The Hall–Kier alpha value is -2.28. The second-order valence-electron chi connectivity index (χ2n) is 7.17. The fourth-order valence-electron chi connectivity index (χ4n) is 2.96. The minimum absolute atomic E-state index is 0.171. The van der Waals surface area contributed by atoms with Gasteiger partial charge in [-0.15, -0.1) is 0 Å². The summed E-state index contributed by atoms with van der Waals surface area (Å²) in [4.78, 5) is 18.7. The summed E-state index contributed by atoms with van der Waals surface area (Å²) in [7, 11) is 0. The largest absolute Gasteiger partial charge is 0.492 e. The second-order valence-corrected chi connectivity index (χ2v) is 7.17. The van der Waals surface area contributed by atoms with Crippen molar-refractivity contribution < 1.29 is 9.53 Å². The third-order valence-electron chi connectivity index (χ3n) is 4.95. The van der Waals surface area contributed by atoms with Gasteiger partial charge in [0.1, 0.15) is 12.4 Å². The molecule has 0 aliphatic heterocycles. The molecule has 0 saturated heterocycles. The van der Waals surface area contributed by atoms with E-state index in [1.807, 2.05) is 25.1 Å². The monoisotopic (exact) mass is 403 g/mol. The zero-order chi connectivity index (χ0) is 20.9. The molecular formula is C22H37N5O2.